The van der Waals surface area contributed by atoms with Crippen molar-refractivity contribution in [3.63, 3.8) is 0 Å². The predicted molar refractivity (Wildman–Crippen MR) is 84.5 cm³/mol. The Morgan fingerprint density at radius 2 is 1.73 bits per heavy atom. The lowest BCUT2D eigenvalue weighted by Crippen LogP contribution is -2.34. The van der Waals surface area contributed by atoms with Crippen LogP contribution in [-0.2, 0) is 11.2 Å². The van der Waals surface area contributed by atoms with E-state index in [0.717, 1.165) is 32.1 Å². The van der Waals surface area contributed by atoms with Gasteiger partial charge in [-0.25, -0.2) is 0 Å². The van der Waals surface area contributed by atoms with Crippen LogP contribution in [0.3, 0.4) is 0 Å². The number of aromatic nitrogens is 1. The van der Waals surface area contributed by atoms with Gasteiger partial charge in [-0.2, -0.15) is 4.57 Å². The molecule has 0 atom stereocenters. The van der Waals surface area contributed by atoms with Crippen LogP contribution in [0, 0.1) is 6.92 Å². The smallest absolute Gasteiger partial charge is 0.210 e. The van der Waals surface area contributed by atoms with Gasteiger partial charge in [-0.05, 0) is 31.7 Å². The number of carboxylic acids is 1. The van der Waals surface area contributed by atoms with E-state index in [0.29, 0.717) is 0 Å². The third-order valence-corrected chi connectivity index (χ3v) is 3.97. The normalized spacial score (nSPS) is 10.6. The van der Waals surface area contributed by atoms with Crippen LogP contribution in [0.4, 0.5) is 0 Å². The van der Waals surface area contributed by atoms with Gasteiger partial charge in [0.25, 0.3) is 0 Å². The predicted octanol–water partition coefficient (Wildman–Crippen LogP) is 2.51. The molecule has 0 radical (unpaired) electrons. The quantitative estimate of drug-likeness (QED) is 0.555. The van der Waals surface area contributed by atoms with E-state index < -0.39 is 5.97 Å². The first-order chi connectivity index (χ1) is 10.7. The fourth-order valence-corrected chi connectivity index (χ4v) is 2.70. The molecule has 3 heteroatoms. The highest BCUT2D eigenvalue weighted by Gasteiger charge is 2.12. The number of benzene rings is 1. The zero-order valence-electron chi connectivity index (χ0n) is 13.1. The Morgan fingerprint density at radius 3 is 2.45 bits per heavy atom. The second kappa shape index (κ2) is 8.32. The lowest BCUT2D eigenvalue weighted by molar-refractivity contribution is -0.603. The second-order valence-electron chi connectivity index (χ2n) is 5.61. The Hall–Kier alpha value is -2.16. The molecule has 0 aliphatic carbocycles. The number of aliphatic carboxylic acids is 1. The Morgan fingerprint density at radius 1 is 1.00 bits per heavy atom. The number of carboxylic acid groups (broad SMARTS) is 1. The van der Waals surface area contributed by atoms with E-state index in [4.69, 9.17) is 0 Å². The van der Waals surface area contributed by atoms with Crippen LogP contribution in [0.15, 0.2) is 48.7 Å². The third-order valence-electron chi connectivity index (χ3n) is 3.97. The van der Waals surface area contributed by atoms with Gasteiger partial charge in [0.05, 0.1) is 0 Å². The van der Waals surface area contributed by atoms with E-state index in [9.17, 15) is 9.90 Å². The lowest BCUT2D eigenvalue weighted by atomic mass is 10.0. The molecule has 0 bridgehead atoms. The van der Waals surface area contributed by atoms with Crippen molar-refractivity contribution in [3.05, 3.63) is 59.9 Å². The van der Waals surface area contributed by atoms with Crippen molar-refractivity contribution < 1.29 is 14.5 Å². The van der Waals surface area contributed by atoms with Crippen LogP contribution in [0.25, 0.3) is 5.69 Å². The van der Waals surface area contributed by atoms with Crippen LogP contribution in [0.2, 0.25) is 0 Å². The summed E-state index contributed by atoms with van der Waals surface area (Å²) < 4.78 is 2.21. The molecule has 1 aromatic heterocycles. The average molecular weight is 297 g/mol. The van der Waals surface area contributed by atoms with Gasteiger partial charge in [0.15, 0.2) is 11.9 Å². The molecule has 0 N–H and O–H groups in total. The zero-order chi connectivity index (χ0) is 15.8. The number of pyridine rings is 1. The highest BCUT2D eigenvalue weighted by molar-refractivity contribution is 5.64. The highest BCUT2D eigenvalue weighted by atomic mass is 16.4. The van der Waals surface area contributed by atoms with Crippen molar-refractivity contribution in [3.8, 4) is 5.69 Å². The second-order valence-corrected chi connectivity index (χ2v) is 5.61. The van der Waals surface area contributed by atoms with Crippen molar-refractivity contribution in [1.82, 2.24) is 0 Å². The lowest BCUT2D eigenvalue weighted by Gasteiger charge is -2.06. The van der Waals surface area contributed by atoms with Gasteiger partial charge < -0.3 is 9.90 Å². The SMILES string of the molecule is Cc1c(CCCCCCC(=O)[O-])ccc[n+]1-c1ccccc1. The van der Waals surface area contributed by atoms with Gasteiger partial charge >= 0.3 is 0 Å². The van der Waals surface area contributed by atoms with E-state index >= 15 is 0 Å². The molecule has 0 fully saturated rings. The summed E-state index contributed by atoms with van der Waals surface area (Å²) in [6.45, 7) is 2.15. The van der Waals surface area contributed by atoms with Gasteiger partial charge in [-0.3, -0.25) is 0 Å². The van der Waals surface area contributed by atoms with E-state index in [1.165, 1.54) is 16.9 Å². The number of carbonyl (C=O) groups is 1. The van der Waals surface area contributed by atoms with Crippen molar-refractivity contribution >= 4 is 5.97 Å². The molecule has 0 amide bonds. The molecule has 0 unspecified atom stereocenters. The molecule has 0 saturated carbocycles. The number of carbonyl (C=O) groups excluding carboxylic acids is 1. The molecule has 2 rings (SSSR count). The number of nitrogens with zero attached hydrogens (tertiary/aromatic N) is 1. The van der Waals surface area contributed by atoms with Crippen molar-refractivity contribution in [2.45, 2.75) is 45.4 Å². The molecule has 0 aliphatic rings. The van der Waals surface area contributed by atoms with E-state index in [-0.39, 0.29) is 6.42 Å². The summed E-state index contributed by atoms with van der Waals surface area (Å²) in [6.07, 6.45) is 7.13. The molecule has 2 aromatic rings. The van der Waals surface area contributed by atoms with Crippen LogP contribution in [0.1, 0.15) is 43.4 Å². The number of rotatable bonds is 8. The molecule has 0 aliphatic heterocycles. The number of unbranched alkanes of at least 4 members (excludes halogenated alkanes) is 3. The van der Waals surface area contributed by atoms with E-state index in [1.54, 1.807) is 0 Å². The van der Waals surface area contributed by atoms with Gasteiger partial charge in [0.2, 0.25) is 5.69 Å². The topological polar surface area (TPSA) is 44.0 Å². The maximum Gasteiger partial charge on any atom is 0.210 e. The summed E-state index contributed by atoms with van der Waals surface area (Å²) in [4.78, 5) is 10.4. The van der Waals surface area contributed by atoms with Crippen LogP contribution < -0.4 is 9.67 Å². The maximum atomic E-state index is 10.4. The minimum absolute atomic E-state index is 0.179. The average Bonchev–Trinajstić information content (AvgIpc) is 2.52. The first-order valence-electron chi connectivity index (χ1n) is 7.94. The van der Waals surface area contributed by atoms with Gasteiger partial charge in [0, 0.05) is 36.7 Å². The molecule has 22 heavy (non-hydrogen) atoms. The minimum Gasteiger partial charge on any atom is -0.550 e. The number of hydrogen-bond donors (Lipinski definition) is 0. The molecular formula is C19H23NO2. The van der Waals surface area contributed by atoms with Gasteiger partial charge in [-0.15, -0.1) is 0 Å². The molecular weight excluding hydrogens is 274 g/mol. The molecule has 0 spiro atoms. The van der Waals surface area contributed by atoms with E-state index in [1.807, 2.05) is 18.2 Å². The first-order valence-corrected chi connectivity index (χ1v) is 7.94. The summed E-state index contributed by atoms with van der Waals surface area (Å²) in [7, 11) is 0. The molecule has 3 nitrogen and oxygen atoms in total. The Bertz CT molecular complexity index is 608. The Kier molecular flexibility index (Phi) is 6.13. The standard InChI is InChI=1S/C19H23NO2/c1-16-17(10-5-2-3-8-14-19(21)22)11-9-15-20(16)18-12-6-4-7-13-18/h4,6-7,9,11-13,15H,2-3,5,8,10,14H2,1H3. The zero-order valence-corrected chi connectivity index (χ0v) is 13.1. The Balaban J connectivity index is 1.91. The summed E-state index contributed by atoms with van der Waals surface area (Å²) >= 11 is 0. The minimum atomic E-state index is -0.942. The first kappa shape index (κ1) is 16.2. The fraction of sp³-hybridized carbons (Fsp3) is 0.368. The molecule has 0 saturated heterocycles. The van der Waals surface area contributed by atoms with Crippen LogP contribution >= 0.6 is 0 Å². The van der Waals surface area contributed by atoms with Crippen LogP contribution in [-0.4, -0.2) is 5.97 Å². The van der Waals surface area contributed by atoms with Crippen molar-refractivity contribution in [2.24, 2.45) is 0 Å². The van der Waals surface area contributed by atoms with Crippen molar-refractivity contribution in [2.75, 3.05) is 0 Å². The summed E-state index contributed by atoms with van der Waals surface area (Å²) in [5.41, 5.74) is 3.80. The van der Waals surface area contributed by atoms with Gasteiger partial charge in [-0.1, -0.05) is 31.0 Å². The summed E-state index contributed by atoms with van der Waals surface area (Å²) in [6, 6.07) is 14.6. The fourth-order valence-electron chi connectivity index (χ4n) is 2.70. The largest absolute Gasteiger partial charge is 0.550 e. The van der Waals surface area contributed by atoms with E-state index in [2.05, 4.69) is 42.0 Å². The van der Waals surface area contributed by atoms with Crippen LogP contribution in [0.5, 0.6) is 0 Å². The third kappa shape index (κ3) is 4.69. The summed E-state index contributed by atoms with van der Waals surface area (Å²) in [5, 5.41) is 10.4. The highest BCUT2D eigenvalue weighted by Crippen LogP contribution is 2.12. The number of hydrogen-bond acceptors (Lipinski definition) is 2. The van der Waals surface area contributed by atoms with Gasteiger partial charge in [0.1, 0.15) is 0 Å². The number of para-hydroxylation sites is 1. The molecule has 1 heterocycles. The monoisotopic (exact) mass is 297 g/mol. The number of aryl methyl sites for hydroxylation is 1. The Labute approximate surface area is 132 Å². The molecule has 116 valence electrons. The van der Waals surface area contributed by atoms with Crippen molar-refractivity contribution in [1.29, 1.82) is 0 Å². The molecule has 1 aromatic carbocycles. The maximum absolute atomic E-state index is 10.4. The summed E-state index contributed by atoms with van der Waals surface area (Å²) in [5.74, 6) is -0.942.